The lowest BCUT2D eigenvalue weighted by Crippen LogP contribution is -1.87. The largest absolute Gasteiger partial charge is 0.506 e. The van der Waals surface area contributed by atoms with Crippen LogP contribution in [-0.4, -0.2) is 11.7 Å². The second-order valence-corrected chi connectivity index (χ2v) is 4.46. The minimum absolute atomic E-state index is 0.171. The average molecular weight is 283 g/mol. The van der Waals surface area contributed by atoms with Crippen molar-refractivity contribution in [2.24, 2.45) is 0 Å². The highest BCUT2D eigenvalue weighted by atomic mass is 79.9. The minimum Gasteiger partial charge on any atom is -0.506 e. The quantitative estimate of drug-likeness (QED) is 0.614. The molecule has 0 aromatic heterocycles. The van der Waals surface area contributed by atoms with Crippen LogP contribution in [0.25, 0.3) is 0 Å². The highest BCUT2D eigenvalue weighted by molar-refractivity contribution is 9.10. The van der Waals surface area contributed by atoms with Crippen LogP contribution in [0.2, 0.25) is 10.0 Å². The molecule has 1 heterocycles. The number of hydrogen-bond donors (Lipinski definition) is 2. The van der Waals surface area contributed by atoms with Gasteiger partial charge in [-0.05, 0) is 22.0 Å². The summed E-state index contributed by atoms with van der Waals surface area (Å²) in [5, 5.41) is 13.6. The molecule has 0 spiro atoms. The van der Waals surface area contributed by atoms with E-state index in [1.165, 1.54) is 0 Å². The molecule has 1 fully saturated rings. The summed E-state index contributed by atoms with van der Waals surface area (Å²) < 4.78 is 0.463. The molecule has 0 radical (unpaired) electrons. The molecule has 2 N–H and O–H groups in total. The van der Waals surface area contributed by atoms with E-state index in [0.717, 1.165) is 12.1 Å². The van der Waals surface area contributed by atoms with Gasteiger partial charge in [0.2, 0.25) is 0 Å². The number of rotatable bonds is 1. The summed E-state index contributed by atoms with van der Waals surface area (Å²) >= 11 is 14.9. The van der Waals surface area contributed by atoms with E-state index in [4.69, 9.17) is 23.2 Å². The van der Waals surface area contributed by atoms with E-state index >= 15 is 0 Å². The van der Waals surface area contributed by atoms with Crippen molar-refractivity contribution in [2.45, 2.75) is 6.04 Å². The number of phenols is 1. The second kappa shape index (κ2) is 3.31. The number of halogens is 3. The maximum absolute atomic E-state index is 9.68. The fourth-order valence-corrected chi connectivity index (χ4v) is 2.06. The first-order valence-corrected chi connectivity index (χ1v) is 5.26. The van der Waals surface area contributed by atoms with Crippen LogP contribution in [-0.2, 0) is 0 Å². The molecule has 0 aliphatic carbocycles. The standard InChI is InChI=1S/C8H6BrCl2NO/c9-6-7(11)4(10)1-3(8(6)13)5-2-12-5/h1,5,12-13H,2H2. The van der Waals surface area contributed by atoms with Crippen LogP contribution < -0.4 is 5.32 Å². The van der Waals surface area contributed by atoms with Crippen LogP contribution in [0.15, 0.2) is 10.5 Å². The molecule has 1 aliphatic heterocycles. The number of aromatic hydroxyl groups is 1. The first-order chi connectivity index (χ1) is 6.11. The highest BCUT2D eigenvalue weighted by Gasteiger charge is 2.27. The van der Waals surface area contributed by atoms with Gasteiger partial charge in [0.05, 0.1) is 14.5 Å². The lowest BCUT2D eigenvalue weighted by atomic mass is 10.1. The van der Waals surface area contributed by atoms with Crippen molar-refractivity contribution in [2.75, 3.05) is 6.54 Å². The fourth-order valence-electron chi connectivity index (χ4n) is 1.15. The van der Waals surface area contributed by atoms with Gasteiger partial charge in [-0.25, -0.2) is 0 Å². The van der Waals surface area contributed by atoms with E-state index < -0.39 is 0 Å². The van der Waals surface area contributed by atoms with E-state index in [0.29, 0.717) is 14.5 Å². The van der Waals surface area contributed by atoms with E-state index in [1.807, 2.05) is 0 Å². The third kappa shape index (κ3) is 1.66. The lowest BCUT2D eigenvalue weighted by Gasteiger charge is -2.07. The van der Waals surface area contributed by atoms with E-state index in [2.05, 4.69) is 21.2 Å². The highest BCUT2D eigenvalue weighted by Crippen LogP contribution is 2.43. The maximum Gasteiger partial charge on any atom is 0.136 e. The van der Waals surface area contributed by atoms with Crippen molar-refractivity contribution in [1.82, 2.24) is 5.32 Å². The molecule has 1 saturated heterocycles. The summed E-state index contributed by atoms with van der Waals surface area (Å²) in [4.78, 5) is 0. The van der Waals surface area contributed by atoms with Crippen molar-refractivity contribution in [1.29, 1.82) is 0 Å². The summed E-state index contributed by atoms with van der Waals surface area (Å²) in [5.74, 6) is 0.171. The van der Waals surface area contributed by atoms with Crippen LogP contribution in [0, 0.1) is 0 Å². The molecule has 1 aliphatic rings. The Morgan fingerprint density at radius 3 is 2.69 bits per heavy atom. The van der Waals surface area contributed by atoms with Gasteiger partial charge in [0.15, 0.2) is 0 Å². The van der Waals surface area contributed by atoms with Crippen molar-refractivity contribution >= 4 is 39.1 Å². The molecule has 1 unspecified atom stereocenters. The van der Waals surface area contributed by atoms with Gasteiger partial charge in [-0.15, -0.1) is 0 Å². The summed E-state index contributed by atoms with van der Waals surface area (Å²) in [6.45, 7) is 0.873. The Hall–Kier alpha value is 0.0400. The first-order valence-electron chi connectivity index (χ1n) is 3.71. The Morgan fingerprint density at radius 1 is 1.54 bits per heavy atom. The smallest absolute Gasteiger partial charge is 0.136 e. The van der Waals surface area contributed by atoms with E-state index in [9.17, 15) is 5.11 Å². The van der Waals surface area contributed by atoms with Crippen molar-refractivity contribution in [3.05, 3.63) is 26.1 Å². The number of benzene rings is 1. The van der Waals surface area contributed by atoms with Gasteiger partial charge in [0, 0.05) is 18.2 Å². The molecule has 0 amide bonds. The molecule has 1 aromatic rings. The fraction of sp³-hybridized carbons (Fsp3) is 0.250. The van der Waals surface area contributed by atoms with E-state index in [-0.39, 0.29) is 11.8 Å². The van der Waals surface area contributed by atoms with Gasteiger partial charge in [0.25, 0.3) is 0 Å². The molecule has 70 valence electrons. The number of nitrogens with one attached hydrogen (secondary N) is 1. The average Bonchev–Trinajstić information content (AvgIpc) is 2.91. The summed E-state index contributed by atoms with van der Waals surface area (Å²) in [5.41, 5.74) is 0.793. The maximum atomic E-state index is 9.68. The van der Waals surface area contributed by atoms with Gasteiger partial charge in [-0.3, -0.25) is 0 Å². The monoisotopic (exact) mass is 281 g/mol. The van der Waals surface area contributed by atoms with Crippen molar-refractivity contribution in [3.8, 4) is 5.75 Å². The van der Waals surface area contributed by atoms with Crippen molar-refractivity contribution < 1.29 is 5.11 Å². The predicted octanol–water partition coefficient (Wildman–Crippen LogP) is 3.11. The Morgan fingerprint density at radius 2 is 2.15 bits per heavy atom. The topological polar surface area (TPSA) is 42.2 Å². The second-order valence-electron chi connectivity index (χ2n) is 2.89. The molecule has 2 nitrogen and oxygen atoms in total. The molecule has 5 heteroatoms. The third-order valence-corrected chi connectivity index (χ3v) is 3.74. The molecule has 1 atom stereocenters. The van der Waals surface area contributed by atoms with Gasteiger partial charge >= 0.3 is 0 Å². The Balaban J connectivity index is 2.58. The zero-order valence-electron chi connectivity index (χ0n) is 6.44. The van der Waals surface area contributed by atoms with Gasteiger partial charge in [-0.2, -0.15) is 0 Å². The normalized spacial score (nSPS) is 20.4. The lowest BCUT2D eigenvalue weighted by molar-refractivity contribution is 0.465. The van der Waals surface area contributed by atoms with E-state index in [1.54, 1.807) is 6.07 Å². The van der Waals surface area contributed by atoms with Gasteiger partial charge in [0.1, 0.15) is 5.75 Å². The van der Waals surface area contributed by atoms with Crippen LogP contribution in [0.5, 0.6) is 5.75 Å². The number of phenolic OH excluding ortho intramolecular Hbond substituents is 1. The Labute approximate surface area is 94.0 Å². The minimum atomic E-state index is 0.171. The molecular formula is C8H6BrCl2NO. The molecule has 0 bridgehead atoms. The zero-order chi connectivity index (χ0) is 9.59. The molecule has 0 saturated carbocycles. The van der Waals surface area contributed by atoms with Gasteiger partial charge in [-0.1, -0.05) is 23.2 Å². The third-order valence-electron chi connectivity index (χ3n) is 1.95. The SMILES string of the molecule is Oc1c(C2CN2)cc(Cl)c(Cl)c1Br. The Bertz CT molecular complexity index is 366. The molecule has 2 rings (SSSR count). The van der Waals surface area contributed by atoms with Crippen LogP contribution in [0.3, 0.4) is 0 Å². The summed E-state index contributed by atoms with van der Waals surface area (Å²) in [6.07, 6.45) is 0. The zero-order valence-corrected chi connectivity index (χ0v) is 9.54. The van der Waals surface area contributed by atoms with Crippen LogP contribution >= 0.6 is 39.1 Å². The predicted molar refractivity (Wildman–Crippen MR) is 56.6 cm³/mol. The van der Waals surface area contributed by atoms with Crippen LogP contribution in [0.1, 0.15) is 11.6 Å². The molecule has 1 aromatic carbocycles. The molecular weight excluding hydrogens is 277 g/mol. The molecule has 13 heavy (non-hydrogen) atoms. The van der Waals surface area contributed by atoms with Crippen molar-refractivity contribution in [3.63, 3.8) is 0 Å². The Kier molecular flexibility index (Phi) is 2.45. The number of hydrogen-bond acceptors (Lipinski definition) is 2. The summed E-state index contributed by atoms with van der Waals surface area (Å²) in [7, 11) is 0. The van der Waals surface area contributed by atoms with Crippen LogP contribution in [0.4, 0.5) is 0 Å². The summed E-state index contributed by atoms with van der Waals surface area (Å²) in [6, 6.07) is 1.90. The van der Waals surface area contributed by atoms with Gasteiger partial charge < -0.3 is 10.4 Å². The first kappa shape index (κ1) is 9.59.